The number of hydrogen-bond acceptors (Lipinski definition) is 5. The Morgan fingerprint density at radius 3 is 2.59 bits per heavy atom. The van der Waals surface area contributed by atoms with Crippen molar-refractivity contribution in [2.45, 2.75) is 23.0 Å². The summed E-state index contributed by atoms with van der Waals surface area (Å²) >= 11 is 7.63. The molecule has 0 aromatic heterocycles. The molecule has 4 nitrogen and oxygen atoms in total. The van der Waals surface area contributed by atoms with E-state index in [1.807, 2.05) is 0 Å². The second-order valence-corrected chi connectivity index (χ2v) is 7.82. The summed E-state index contributed by atoms with van der Waals surface area (Å²) in [5.41, 5.74) is 0. The molecule has 2 fully saturated rings. The lowest BCUT2D eigenvalue weighted by molar-refractivity contribution is -0.148. The molecule has 0 radical (unpaired) electrons. The van der Waals surface area contributed by atoms with Crippen LogP contribution < -0.4 is 0 Å². The zero-order valence-electron chi connectivity index (χ0n) is 9.29. The lowest BCUT2D eigenvalue weighted by Gasteiger charge is -2.22. The van der Waals surface area contributed by atoms with Gasteiger partial charge in [-0.15, -0.1) is 23.5 Å². The molecule has 1 amide bonds. The number of aliphatic carboxylic acids is 1. The predicted octanol–water partition coefficient (Wildman–Crippen LogP) is 1.17. The quantitative estimate of drug-likeness (QED) is 0.765. The van der Waals surface area contributed by atoms with E-state index in [0.717, 1.165) is 11.5 Å². The zero-order chi connectivity index (χ0) is 12.5. The van der Waals surface area contributed by atoms with Crippen LogP contribution in [-0.4, -0.2) is 55.8 Å². The van der Waals surface area contributed by atoms with Crippen molar-refractivity contribution >= 4 is 48.0 Å². The third-order valence-electron chi connectivity index (χ3n) is 3.04. The van der Waals surface area contributed by atoms with Crippen molar-refractivity contribution < 1.29 is 14.7 Å². The molecule has 17 heavy (non-hydrogen) atoms. The third kappa shape index (κ3) is 2.71. The van der Waals surface area contributed by atoms with E-state index in [9.17, 15) is 14.7 Å². The van der Waals surface area contributed by atoms with Gasteiger partial charge in [-0.3, -0.25) is 4.79 Å². The average molecular weight is 293 g/mol. The molecule has 96 valence electrons. The van der Waals surface area contributed by atoms with E-state index in [4.69, 9.17) is 0 Å². The van der Waals surface area contributed by atoms with Gasteiger partial charge in [0.25, 0.3) is 0 Å². The van der Waals surface area contributed by atoms with Gasteiger partial charge in [0, 0.05) is 30.9 Å². The van der Waals surface area contributed by atoms with Crippen LogP contribution in [-0.2, 0) is 9.59 Å². The van der Waals surface area contributed by atoms with E-state index in [1.54, 1.807) is 23.5 Å². The van der Waals surface area contributed by atoms with Crippen LogP contribution >= 0.6 is 36.2 Å². The van der Waals surface area contributed by atoms with Crippen LogP contribution in [0.4, 0.5) is 0 Å². The molecule has 2 heterocycles. The first kappa shape index (κ1) is 13.4. The summed E-state index contributed by atoms with van der Waals surface area (Å²) in [6.45, 7) is 0.561. The van der Waals surface area contributed by atoms with Crippen LogP contribution in [0.5, 0.6) is 0 Å². The van der Waals surface area contributed by atoms with Crippen molar-refractivity contribution in [2.75, 3.05) is 23.8 Å². The van der Waals surface area contributed by atoms with E-state index >= 15 is 0 Å². The number of carbonyl (C=O) groups excluding carboxylic acids is 1. The van der Waals surface area contributed by atoms with Crippen LogP contribution in [0.25, 0.3) is 0 Å². The summed E-state index contributed by atoms with van der Waals surface area (Å²) in [4.78, 5) is 24.7. The van der Waals surface area contributed by atoms with Gasteiger partial charge < -0.3 is 10.0 Å². The van der Waals surface area contributed by atoms with Crippen molar-refractivity contribution in [3.05, 3.63) is 0 Å². The molecule has 1 spiro atoms. The number of amides is 1. The fraction of sp³-hybridized carbons (Fsp3) is 0.800. The standard InChI is InChI=1S/C10H15NO3S3/c12-8(1-2-15)11-6-10(16-3-4-17-10)5-7(11)9(13)14/h7,15H,1-6H2,(H,13,14)/t7-/m0/s1. The average Bonchev–Trinajstić information content (AvgIpc) is 2.87. The fourth-order valence-corrected chi connectivity index (χ4v) is 5.71. The highest BCUT2D eigenvalue weighted by atomic mass is 32.2. The van der Waals surface area contributed by atoms with E-state index in [-0.39, 0.29) is 9.99 Å². The first-order valence-electron chi connectivity index (χ1n) is 5.49. The zero-order valence-corrected chi connectivity index (χ0v) is 11.8. The Hall–Kier alpha value is -0.0100. The number of likely N-dealkylation sites (tertiary alicyclic amines) is 1. The van der Waals surface area contributed by atoms with E-state index in [2.05, 4.69) is 12.6 Å². The number of thioether (sulfide) groups is 2. The molecule has 0 aromatic carbocycles. The van der Waals surface area contributed by atoms with Gasteiger partial charge in [-0.25, -0.2) is 4.79 Å². The number of nitrogens with zero attached hydrogens (tertiary/aromatic N) is 1. The molecule has 1 N–H and O–H groups in total. The van der Waals surface area contributed by atoms with Gasteiger partial charge in [0.1, 0.15) is 6.04 Å². The second-order valence-electron chi connectivity index (χ2n) is 4.16. The first-order valence-corrected chi connectivity index (χ1v) is 8.09. The third-order valence-corrected chi connectivity index (χ3v) is 6.69. The Morgan fingerprint density at radius 2 is 2.06 bits per heavy atom. The van der Waals surface area contributed by atoms with Gasteiger partial charge >= 0.3 is 5.97 Å². The Balaban J connectivity index is 2.13. The molecule has 2 aliphatic rings. The summed E-state index contributed by atoms with van der Waals surface area (Å²) < 4.78 is -0.0741. The molecule has 2 rings (SSSR count). The number of carbonyl (C=O) groups is 2. The summed E-state index contributed by atoms with van der Waals surface area (Å²) in [5.74, 6) is 1.59. The number of rotatable bonds is 3. The molecular formula is C10H15NO3S3. The van der Waals surface area contributed by atoms with Gasteiger partial charge in [0.15, 0.2) is 0 Å². The summed E-state index contributed by atoms with van der Waals surface area (Å²) in [5, 5.41) is 9.21. The van der Waals surface area contributed by atoms with Gasteiger partial charge in [-0.05, 0) is 5.75 Å². The largest absolute Gasteiger partial charge is 0.480 e. The van der Waals surface area contributed by atoms with Crippen molar-refractivity contribution in [1.82, 2.24) is 4.90 Å². The molecule has 0 aliphatic carbocycles. The van der Waals surface area contributed by atoms with E-state index < -0.39 is 12.0 Å². The minimum atomic E-state index is -0.887. The van der Waals surface area contributed by atoms with Gasteiger partial charge in [-0.2, -0.15) is 12.6 Å². The molecule has 0 bridgehead atoms. The number of carboxylic acids is 1. The monoisotopic (exact) mass is 293 g/mol. The Labute approximate surface area is 114 Å². The SMILES string of the molecule is O=C(O)[C@@H]1CC2(CN1C(=O)CCS)SCCS2. The van der Waals surface area contributed by atoms with Crippen LogP contribution in [0, 0.1) is 0 Å². The second kappa shape index (κ2) is 5.32. The maximum absolute atomic E-state index is 11.9. The fourth-order valence-electron chi connectivity index (χ4n) is 2.27. The molecule has 1 atom stereocenters. The number of carboxylic acid groups (broad SMARTS) is 1. The lowest BCUT2D eigenvalue weighted by Crippen LogP contribution is -2.40. The van der Waals surface area contributed by atoms with Gasteiger partial charge in [-0.1, -0.05) is 0 Å². The first-order chi connectivity index (χ1) is 8.08. The highest BCUT2D eigenvalue weighted by Crippen LogP contribution is 2.51. The topological polar surface area (TPSA) is 57.6 Å². The minimum absolute atomic E-state index is 0.0741. The normalized spacial score (nSPS) is 26.6. The molecule has 2 saturated heterocycles. The van der Waals surface area contributed by atoms with Gasteiger partial charge in [0.2, 0.25) is 5.91 Å². The summed E-state index contributed by atoms with van der Waals surface area (Å²) in [6, 6.07) is -0.652. The van der Waals surface area contributed by atoms with Crippen LogP contribution in [0.2, 0.25) is 0 Å². The summed E-state index contributed by atoms with van der Waals surface area (Å²) in [7, 11) is 0. The maximum Gasteiger partial charge on any atom is 0.326 e. The molecular weight excluding hydrogens is 278 g/mol. The van der Waals surface area contributed by atoms with Crippen molar-refractivity contribution in [3.63, 3.8) is 0 Å². The molecule has 2 aliphatic heterocycles. The molecule has 0 saturated carbocycles. The molecule has 7 heteroatoms. The highest BCUT2D eigenvalue weighted by Gasteiger charge is 2.50. The van der Waals surface area contributed by atoms with Crippen LogP contribution in [0.15, 0.2) is 0 Å². The van der Waals surface area contributed by atoms with E-state index in [0.29, 0.717) is 25.1 Å². The Kier molecular flexibility index (Phi) is 4.20. The molecule has 0 aromatic rings. The predicted molar refractivity (Wildman–Crippen MR) is 73.9 cm³/mol. The molecule has 0 unspecified atom stereocenters. The number of thiol groups is 1. The van der Waals surface area contributed by atoms with E-state index in [1.165, 1.54) is 4.90 Å². The van der Waals surface area contributed by atoms with Crippen LogP contribution in [0.1, 0.15) is 12.8 Å². The maximum atomic E-state index is 11.9. The van der Waals surface area contributed by atoms with Crippen LogP contribution in [0.3, 0.4) is 0 Å². The smallest absolute Gasteiger partial charge is 0.326 e. The Morgan fingerprint density at radius 1 is 1.41 bits per heavy atom. The van der Waals surface area contributed by atoms with Crippen molar-refractivity contribution in [3.8, 4) is 0 Å². The number of hydrogen-bond donors (Lipinski definition) is 2. The lowest BCUT2D eigenvalue weighted by atomic mass is 10.2. The van der Waals surface area contributed by atoms with Crippen molar-refractivity contribution in [1.29, 1.82) is 0 Å². The van der Waals surface area contributed by atoms with Crippen molar-refractivity contribution in [2.24, 2.45) is 0 Å². The highest BCUT2D eigenvalue weighted by molar-refractivity contribution is 8.21. The van der Waals surface area contributed by atoms with Gasteiger partial charge in [0.05, 0.1) is 4.08 Å². The summed E-state index contributed by atoms with van der Waals surface area (Å²) in [6.07, 6.45) is 0.883. The minimum Gasteiger partial charge on any atom is -0.480 e. The Bertz CT molecular complexity index is 331.